The van der Waals surface area contributed by atoms with Crippen LogP contribution in [0.5, 0.6) is 0 Å². The summed E-state index contributed by atoms with van der Waals surface area (Å²) in [6.45, 7) is 8.20. The first-order valence-corrected chi connectivity index (χ1v) is 34.9. The lowest BCUT2D eigenvalue weighted by Gasteiger charge is -2.33. The van der Waals surface area contributed by atoms with Crippen LogP contribution < -0.4 is 76.1 Å². The van der Waals surface area contributed by atoms with E-state index in [1.165, 1.54) is 44.2 Å². The van der Waals surface area contributed by atoms with Crippen LogP contribution in [-0.2, 0) is 84.7 Å². The van der Waals surface area contributed by atoms with E-state index in [0.29, 0.717) is 22.0 Å². The van der Waals surface area contributed by atoms with Crippen LogP contribution >= 0.6 is 0 Å². The lowest BCUT2D eigenvalue weighted by Crippen LogP contribution is -2.64. The first-order valence-electron chi connectivity index (χ1n) is 34.9. The van der Waals surface area contributed by atoms with Gasteiger partial charge in [-0.1, -0.05) is 127 Å². The predicted molar refractivity (Wildman–Crippen MR) is 387 cm³/mol. The van der Waals surface area contributed by atoms with Gasteiger partial charge in [0, 0.05) is 30.1 Å². The van der Waals surface area contributed by atoms with Crippen molar-refractivity contribution in [2.45, 2.75) is 184 Å². The number of aliphatic carboxylic acids is 2. The topological polar surface area (TPSA) is 622 Å². The zero-order valence-corrected chi connectivity index (χ0v) is 62.2. The smallest absolute Gasteiger partial charge is 0.475 e. The van der Waals surface area contributed by atoms with E-state index in [0.717, 1.165) is 6.92 Å². The van der Waals surface area contributed by atoms with Gasteiger partial charge in [-0.25, -0.2) is 14.4 Å². The van der Waals surface area contributed by atoms with Crippen molar-refractivity contribution in [3.8, 4) is 0 Å². The molecule has 2 heterocycles. The number of alkyl halides is 6. The summed E-state index contributed by atoms with van der Waals surface area (Å²) < 4.78 is 69.5. The zero-order chi connectivity index (χ0) is 85.5. The third-order valence-electron chi connectivity index (χ3n) is 16.9. The molecule has 0 spiro atoms. The number of H-pyrrole nitrogens is 1. The number of nitrogens with one attached hydrogen (secondary N) is 11. The summed E-state index contributed by atoms with van der Waals surface area (Å²) in [6, 6.07) is 4.32. The number of aliphatic hydroxyl groups excluding tert-OH is 4. The molecule has 1 aromatic heterocycles. The number of nitrogens with two attached hydrogens (primary N) is 4. The number of aromatic amines is 1. The van der Waals surface area contributed by atoms with E-state index in [4.69, 9.17) is 47.5 Å². The SMILES string of the molecule is CC[C@H](C)[C@@H]1NC(=O)[C@@H](CCCN=C(N)N)NC(=O)[C@H](CC(C)C)NC(=O)[C@H]([C@H](O)C(C)C)NC(=O)[C@@H](NC(=O)[C@H](Cc2c[nH]c3ccccc23)NC(=O)[C@H](N)Cc2ccccc2)[C@@H](c2ccccc2)OC(=O)[C@H](CO)NC(=O)[C@H]([C@H](O)C(N)=O)NC(=O)CNC(=O)[C@H]([C@H](C)O)NC1=O.O=C(O)C(F)(F)F.O=C(O)C(F)(F)F. The fourth-order valence-electron chi connectivity index (χ4n) is 10.6. The highest BCUT2D eigenvalue weighted by molar-refractivity contribution is 6.01. The number of fused-ring (bicyclic) bond motifs is 1. The summed E-state index contributed by atoms with van der Waals surface area (Å²) >= 11 is 0. The van der Waals surface area contributed by atoms with Gasteiger partial charge in [-0.2, -0.15) is 26.3 Å². The maximum absolute atomic E-state index is 15.7. The Bertz CT molecular complexity index is 3920. The second-order valence-electron chi connectivity index (χ2n) is 26.7. The molecule has 0 bridgehead atoms. The summed E-state index contributed by atoms with van der Waals surface area (Å²) in [5.74, 6) is -22.7. The number of carboxylic acid groups (broad SMARTS) is 2. The maximum Gasteiger partial charge on any atom is 0.490 e. The molecule has 37 nitrogen and oxygen atoms in total. The standard InChI is InChI=1S/C66H94N16O17.2C2HF3O2/c1-8-34(6)47-61(94)80-48(35(7)84)60(93)73-30-46(85)78-50(53(87)55(68)88)63(96)77-45(31-83)65(98)99-54(37-20-13-10-14-21-37)51(82-59(92)44(28-38-29-72-41-23-16-15-22-39(38)41)75-56(89)40(67)27-36-18-11-9-12-19-36)64(97)81-49(52(86)33(4)5)62(95)76-43(26-32(2)3)58(91)74-42(57(90)79-47)24-17-25-71-66(69)70;2*3-2(4,5)1(6)7/h9-16,18-23,29,32-35,40,42-45,47-54,72,83-84,86-87H,8,17,24-28,30-31,67H2,1-7H3,(H2,68,88)(H,73,93)(H,74,91)(H,75,89)(H,76,95)(H,77,96)(H,78,85)(H,79,90)(H,80,94)(H,81,97)(H,82,92)(H4,69,70,71);2*(H,6,7)/t34-,35-,40+,42+,43-,44-,45-,47-,48-,49-,50-,51-,52+,53-,54+;;/m0../s1. The lowest BCUT2D eigenvalue weighted by atomic mass is 9.95. The van der Waals surface area contributed by atoms with Crippen molar-refractivity contribution in [1.29, 1.82) is 0 Å². The van der Waals surface area contributed by atoms with Crippen LogP contribution in [0.1, 0.15) is 96.9 Å². The van der Waals surface area contributed by atoms with Gasteiger partial charge in [0.05, 0.1) is 31.4 Å². The Hall–Kier alpha value is -11.6. The minimum Gasteiger partial charge on any atom is -0.475 e. The predicted octanol–water partition coefficient (Wildman–Crippen LogP) is -3.29. The molecule has 0 aliphatic carbocycles. The molecule has 1 aliphatic rings. The first-order chi connectivity index (χ1) is 52.7. The Balaban J connectivity index is 0.00000215. The van der Waals surface area contributed by atoms with Crippen molar-refractivity contribution >= 4 is 99.7 Å². The molecule has 4 aromatic rings. The van der Waals surface area contributed by atoms with Crippen LogP contribution in [0.3, 0.4) is 0 Å². The first kappa shape index (κ1) is 95.6. The third-order valence-corrected chi connectivity index (χ3v) is 16.9. The summed E-state index contributed by atoms with van der Waals surface area (Å²) in [7, 11) is 0. The molecular formula is C70H96F6N16O21. The molecule has 25 N–H and O–H groups in total. The van der Waals surface area contributed by atoms with Crippen LogP contribution in [0.4, 0.5) is 26.3 Å². The number of cyclic esters (lactones) is 1. The van der Waals surface area contributed by atoms with E-state index in [1.54, 1.807) is 88.5 Å². The zero-order valence-electron chi connectivity index (χ0n) is 62.2. The van der Waals surface area contributed by atoms with Crippen molar-refractivity contribution in [3.63, 3.8) is 0 Å². The number of aromatic nitrogens is 1. The molecule has 43 heteroatoms. The second kappa shape index (κ2) is 45.1. The van der Waals surface area contributed by atoms with Crippen LogP contribution in [0.15, 0.2) is 96.1 Å². The number of esters is 1. The number of aliphatic imine (C=N–C) groups is 1. The van der Waals surface area contributed by atoms with Crippen molar-refractivity contribution in [2.75, 3.05) is 19.7 Å². The Morgan fingerprint density at radius 3 is 1.66 bits per heavy atom. The number of para-hydroxylation sites is 1. The molecular weight excluding hydrogens is 1510 g/mol. The van der Waals surface area contributed by atoms with Crippen molar-refractivity contribution in [3.05, 3.63) is 108 Å². The fraction of sp³-hybridized carbons (Fsp3) is 0.500. The molecule has 1 saturated heterocycles. The van der Waals surface area contributed by atoms with E-state index < -0.39 is 211 Å². The van der Waals surface area contributed by atoms with Gasteiger partial charge >= 0.3 is 30.3 Å². The van der Waals surface area contributed by atoms with Crippen molar-refractivity contribution in [2.24, 2.45) is 45.7 Å². The fourth-order valence-corrected chi connectivity index (χ4v) is 10.6. The van der Waals surface area contributed by atoms with E-state index in [1.807, 2.05) is 5.32 Å². The molecule has 0 saturated carbocycles. The summed E-state index contributed by atoms with van der Waals surface area (Å²) in [5, 5.41) is 83.6. The van der Waals surface area contributed by atoms with Gasteiger partial charge in [0.2, 0.25) is 65.0 Å². The summed E-state index contributed by atoms with van der Waals surface area (Å²) in [5.41, 5.74) is 24.7. The van der Waals surface area contributed by atoms with Gasteiger partial charge in [0.15, 0.2) is 24.2 Å². The van der Waals surface area contributed by atoms with E-state index >= 15 is 14.4 Å². The molecule has 0 radical (unpaired) electrons. The van der Waals surface area contributed by atoms with Gasteiger partial charge in [-0.15, -0.1) is 0 Å². The molecule has 113 heavy (non-hydrogen) atoms. The molecule has 1 aliphatic heterocycles. The van der Waals surface area contributed by atoms with E-state index in [9.17, 15) is 89.9 Å². The average molecular weight is 1610 g/mol. The Morgan fingerprint density at radius 1 is 0.619 bits per heavy atom. The maximum atomic E-state index is 15.7. The van der Waals surface area contributed by atoms with Crippen molar-refractivity contribution in [1.82, 2.24) is 58.2 Å². The van der Waals surface area contributed by atoms with Crippen LogP contribution in [0.2, 0.25) is 0 Å². The van der Waals surface area contributed by atoms with Crippen LogP contribution in [0, 0.1) is 17.8 Å². The van der Waals surface area contributed by atoms with E-state index in [2.05, 4.69) is 57.8 Å². The molecule has 624 valence electrons. The van der Waals surface area contributed by atoms with Gasteiger partial charge in [0.1, 0.15) is 48.3 Å². The highest BCUT2D eigenvalue weighted by atomic mass is 19.4. The minimum absolute atomic E-state index is 0.00254. The number of aliphatic hydroxyl groups is 4. The van der Waals surface area contributed by atoms with Crippen molar-refractivity contribution < 1.29 is 129 Å². The van der Waals surface area contributed by atoms with Crippen LogP contribution in [0.25, 0.3) is 10.9 Å². The summed E-state index contributed by atoms with van der Waals surface area (Å²) in [4.78, 5) is 198. The molecule has 3 aromatic carbocycles. The monoisotopic (exact) mass is 1610 g/mol. The Morgan fingerprint density at radius 2 is 1.13 bits per heavy atom. The number of carbonyl (C=O) groups excluding carboxylic acids is 12. The Kier molecular flexibility index (Phi) is 38.1. The van der Waals surface area contributed by atoms with Crippen LogP contribution in [-0.4, -0.2) is 235 Å². The normalized spacial score (nSPS) is 21.9. The summed E-state index contributed by atoms with van der Waals surface area (Å²) in [6.07, 6.45) is -17.2. The minimum atomic E-state index is -5.08. The number of benzene rings is 3. The molecule has 15 atom stereocenters. The lowest BCUT2D eigenvalue weighted by molar-refractivity contribution is -0.193. The number of hydrogen-bond acceptors (Lipinski definition) is 21. The Labute approximate surface area is 642 Å². The largest absolute Gasteiger partial charge is 0.490 e. The molecule has 5 rings (SSSR count). The molecule has 1 fully saturated rings. The number of rotatable bonds is 23. The number of guanidine groups is 1. The number of carbonyl (C=O) groups is 14. The van der Waals surface area contributed by atoms with Gasteiger partial charge in [-0.05, 0) is 73.1 Å². The highest BCUT2D eigenvalue weighted by Gasteiger charge is 2.45. The number of ether oxygens (including phenoxy) is 1. The molecule has 0 unspecified atom stereocenters. The van der Waals surface area contributed by atoms with Gasteiger partial charge in [-0.3, -0.25) is 57.7 Å². The van der Waals surface area contributed by atoms with Gasteiger partial charge < -0.3 is 116 Å². The number of nitrogens with zero attached hydrogens (tertiary/aromatic N) is 1. The average Bonchev–Trinajstić information content (AvgIpc) is 1.63. The third kappa shape index (κ3) is 31.3. The number of halogens is 6. The quantitative estimate of drug-likeness (QED) is 0.0114. The van der Waals surface area contributed by atoms with Gasteiger partial charge in [0.25, 0.3) is 0 Å². The second-order valence-corrected chi connectivity index (χ2v) is 26.7. The van der Waals surface area contributed by atoms with E-state index in [-0.39, 0.29) is 56.6 Å². The molecule has 11 amide bonds. The number of hydrogen-bond donors (Lipinski definition) is 21. The highest BCUT2D eigenvalue weighted by Crippen LogP contribution is 2.26. The number of primary amides is 1. The number of amides is 11. The number of carboxylic acids is 2.